The lowest BCUT2D eigenvalue weighted by Gasteiger charge is -2.16. The summed E-state index contributed by atoms with van der Waals surface area (Å²) >= 11 is 0. The van der Waals surface area contributed by atoms with Gasteiger partial charge >= 0.3 is 0 Å². The van der Waals surface area contributed by atoms with E-state index in [4.69, 9.17) is 4.42 Å². The first-order chi connectivity index (χ1) is 10.6. The van der Waals surface area contributed by atoms with Crippen LogP contribution in [0.2, 0.25) is 0 Å². The largest absolute Gasteiger partial charge is 0.467 e. The van der Waals surface area contributed by atoms with Gasteiger partial charge in [0.15, 0.2) is 0 Å². The van der Waals surface area contributed by atoms with Crippen LogP contribution in [0.3, 0.4) is 0 Å². The lowest BCUT2D eigenvalue weighted by atomic mass is 10.1. The average Bonchev–Trinajstić information content (AvgIpc) is 3.08. The fraction of sp³-hybridized carbons (Fsp3) is 0.312. The SMILES string of the molecule is Cc1nn(C)c(C)c1-c1ccnc(N(C)Cc2ccco2)n1. The van der Waals surface area contributed by atoms with E-state index in [1.54, 1.807) is 12.5 Å². The molecule has 114 valence electrons. The van der Waals surface area contributed by atoms with Gasteiger partial charge in [0.25, 0.3) is 0 Å². The number of furan rings is 1. The molecule has 0 amide bonds. The number of anilines is 1. The molecule has 0 saturated heterocycles. The van der Waals surface area contributed by atoms with Gasteiger partial charge in [-0.3, -0.25) is 4.68 Å². The van der Waals surface area contributed by atoms with E-state index < -0.39 is 0 Å². The minimum absolute atomic E-state index is 0.626. The molecule has 0 N–H and O–H groups in total. The molecule has 0 saturated carbocycles. The number of hydrogen-bond donors (Lipinski definition) is 0. The summed E-state index contributed by atoms with van der Waals surface area (Å²) in [5.41, 5.74) is 4.02. The van der Waals surface area contributed by atoms with Gasteiger partial charge in [0.1, 0.15) is 5.76 Å². The summed E-state index contributed by atoms with van der Waals surface area (Å²) in [6, 6.07) is 5.74. The van der Waals surface area contributed by atoms with Gasteiger partial charge in [-0.25, -0.2) is 9.97 Å². The van der Waals surface area contributed by atoms with Crippen molar-refractivity contribution >= 4 is 5.95 Å². The van der Waals surface area contributed by atoms with E-state index in [9.17, 15) is 0 Å². The second-order valence-electron chi connectivity index (χ2n) is 5.35. The number of hydrogen-bond acceptors (Lipinski definition) is 5. The molecule has 0 bridgehead atoms. The van der Waals surface area contributed by atoms with Gasteiger partial charge in [-0.15, -0.1) is 0 Å². The van der Waals surface area contributed by atoms with Crippen LogP contribution in [0, 0.1) is 13.8 Å². The Morgan fingerprint density at radius 1 is 1.27 bits per heavy atom. The first kappa shape index (κ1) is 14.3. The third-order valence-electron chi connectivity index (χ3n) is 3.72. The van der Waals surface area contributed by atoms with Crippen LogP contribution in [0.25, 0.3) is 11.3 Å². The molecule has 3 heterocycles. The number of aromatic nitrogens is 4. The van der Waals surface area contributed by atoms with E-state index in [1.165, 1.54) is 0 Å². The Labute approximate surface area is 129 Å². The maximum atomic E-state index is 5.37. The van der Waals surface area contributed by atoms with Gasteiger partial charge in [0.05, 0.1) is 24.2 Å². The Morgan fingerprint density at radius 3 is 2.73 bits per heavy atom. The Hall–Kier alpha value is -2.63. The Morgan fingerprint density at radius 2 is 2.09 bits per heavy atom. The standard InChI is InChI=1S/C16H19N5O/c1-11-15(12(2)21(4)19-11)14-7-8-17-16(18-14)20(3)10-13-6-5-9-22-13/h5-9H,10H2,1-4H3. The van der Waals surface area contributed by atoms with E-state index in [-0.39, 0.29) is 0 Å². The zero-order valence-electron chi connectivity index (χ0n) is 13.2. The number of rotatable bonds is 4. The molecular formula is C16H19N5O. The van der Waals surface area contributed by atoms with Crippen molar-refractivity contribution in [3.63, 3.8) is 0 Å². The first-order valence-electron chi connectivity index (χ1n) is 7.13. The van der Waals surface area contributed by atoms with Crippen molar-refractivity contribution in [1.29, 1.82) is 0 Å². The Kier molecular flexibility index (Phi) is 3.66. The van der Waals surface area contributed by atoms with Gasteiger partial charge < -0.3 is 9.32 Å². The summed E-state index contributed by atoms with van der Waals surface area (Å²) in [5, 5.41) is 4.45. The van der Waals surface area contributed by atoms with E-state index in [0.717, 1.165) is 28.4 Å². The lowest BCUT2D eigenvalue weighted by Crippen LogP contribution is -2.18. The molecule has 0 aliphatic heterocycles. The van der Waals surface area contributed by atoms with E-state index >= 15 is 0 Å². The third kappa shape index (κ3) is 2.59. The molecule has 0 atom stereocenters. The zero-order valence-corrected chi connectivity index (χ0v) is 13.2. The summed E-state index contributed by atoms with van der Waals surface area (Å²) in [6.45, 7) is 4.67. The molecule has 0 unspecified atom stereocenters. The summed E-state index contributed by atoms with van der Waals surface area (Å²) in [5.74, 6) is 1.54. The molecule has 0 spiro atoms. The van der Waals surface area contributed by atoms with Gasteiger partial charge in [0, 0.05) is 31.5 Å². The minimum atomic E-state index is 0.626. The zero-order chi connectivity index (χ0) is 15.7. The second kappa shape index (κ2) is 5.63. The number of nitrogens with zero attached hydrogens (tertiary/aromatic N) is 5. The van der Waals surface area contributed by atoms with Gasteiger partial charge in [-0.05, 0) is 32.0 Å². The molecular weight excluding hydrogens is 278 g/mol. The fourth-order valence-electron chi connectivity index (χ4n) is 2.52. The summed E-state index contributed by atoms with van der Waals surface area (Å²) in [7, 11) is 3.89. The van der Waals surface area contributed by atoms with Crippen molar-refractivity contribution in [2.45, 2.75) is 20.4 Å². The molecule has 0 aromatic carbocycles. The van der Waals surface area contributed by atoms with Crippen LogP contribution in [0.4, 0.5) is 5.95 Å². The predicted octanol–water partition coefficient (Wildman–Crippen LogP) is 2.72. The molecule has 3 rings (SSSR count). The van der Waals surface area contributed by atoms with Gasteiger partial charge in [-0.1, -0.05) is 0 Å². The maximum absolute atomic E-state index is 5.37. The highest BCUT2D eigenvalue weighted by Crippen LogP contribution is 2.25. The van der Waals surface area contributed by atoms with Crippen molar-refractivity contribution in [3.8, 4) is 11.3 Å². The molecule has 3 aromatic rings. The molecule has 22 heavy (non-hydrogen) atoms. The Balaban J connectivity index is 1.92. The normalized spacial score (nSPS) is 10.9. The van der Waals surface area contributed by atoms with Gasteiger partial charge in [-0.2, -0.15) is 5.10 Å². The first-order valence-corrected chi connectivity index (χ1v) is 7.13. The Bertz CT molecular complexity index is 776. The molecule has 3 aromatic heterocycles. The maximum Gasteiger partial charge on any atom is 0.226 e. The molecule has 0 radical (unpaired) electrons. The summed E-state index contributed by atoms with van der Waals surface area (Å²) in [4.78, 5) is 11.0. The van der Waals surface area contributed by atoms with Crippen LogP contribution in [0.1, 0.15) is 17.1 Å². The molecule has 6 heteroatoms. The number of aryl methyl sites for hydroxylation is 2. The van der Waals surface area contributed by atoms with Crippen LogP contribution in [0.5, 0.6) is 0 Å². The third-order valence-corrected chi connectivity index (χ3v) is 3.72. The van der Waals surface area contributed by atoms with Crippen LogP contribution >= 0.6 is 0 Å². The molecule has 0 aliphatic rings. The molecule has 0 aliphatic carbocycles. The van der Waals surface area contributed by atoms with Crippen LogP contribution in [-0.2, 0) is 13.6 Å². The van der Waals surface area contributed by atoms with Crippen molar-refractivity contribution in [1.82, 2.24) is 19.7 Å². The average molecular weight is 297 g/mol. The molecule has 6 nitrogen and oxygen atoms in total. The smallest absolute Gasteiger partial charge is 0.226 e. The van der Waals surface area contributed by atoms with Crippen LogP contribution < -0.4 is 4.90 Å². The summed E-state index contributed by atoms with van der Waals surface area (Å²) < 4.78 is 7.25. The van der Waals surface area contributed by atoms with Crippen LogP contribution in [0.15, 0.2) is 35.1 Å². The second-order valence-corrected chi connectivity index (χ2v) is 5.35. The highest BCUT2D eigenvalue weighted by molar-refractivity contribution is 5.65. The van der Waals surface area contributed by atoms with Crippen molar-refractivity contribution in [2.24, 2.45) is 7.05 Å². The topological polar surface area (TPSA) is 60.0 Å². The van der Waals surface area contributed by atoms with Crippen molar-refractivity contribution in [3.05, 3.63) is 47.8 Å². The van der Waals surface area contributed by atoms with E-state index in [0.29, 0.717) is 12.5 Å². The van der Waals surface area contributed by atoms with Crippen molar-refractivity contribution in [2.75, 3.05) is 11.9 Å². The minimum Gasteiger partial charge on any atom is -0.467 e. The predicted molar refractivity (Wildman–Crippen MR) is 84.5 cm³/mol. The van der Waals surface area contributed by atoms with Crippen molar-refractivity contribution < 1.29 is 4.42 Å². The lowest BCUT2D eigenvalue weighted by molar-refractivity contribution is 0.506. The quantitative estimate of drug-likeness (QED) is 0.741. The van der Waals surface area contributed by atoms with Crippen LogP contribution in [-0.4, -0.2) is 26.8 Å². The summed E-state index contributed by atoms with van der Waals surface area (Å²) in [6.07, 6.45) is 3.45. The molecule has 0 fully saturated rings. The highest BCUT2D eigenvalue weighted by Gasteiger charge is 2.15. The van der Waals surface area contributed by atoms with Gasteiger partial charge in [0.2, 0.25) is 5.95 Å². The van der Waals surface area contributed by atoms with E-state index in [2.05, 4.69) is 15.1 Å². The highest BCUT2D eigenvalue weighted by atomic mass is 16.3. The monoisotopic (exact) mass is 297 g/mol. The fourth-order valence-corrected chi connectivity index (χ4v) is 2.52. The van der Waals surface area contributed by atoms with E-state index in [1.807, 2.05) is 55.7 Å².